The van der Waals surface area contributed by atoms with E-state index in [9.17, 15) is 5.11 Å². The molecule has 1 N–H and O–H groups in total. The van der Waals surface area contributed by atoms with E-state index < -0.39 is 0 Å². The minimum absolute atomic E-state index is 0.280. The van der Waals surface area contributed by atoms with E-state index in [-0.39, 0.29) is 5.75 Å². The quantitative estimate of drug-likeness (QED) is 0.813. The number of rotatable bonds is 7. The van der Waals surface area contributed by atoms with Gasteiger partial charge in [-0.2, -0.15) is 0 Å². The van der Waals surface area contributed by atoms with Crippen LogP contribution in [0.5, 0.6) is 5.75 Å². The summed E-state index contributed by atoms with van der Waals surface area (Å²) in [5.41, 5.74) is 1.06. The van der Waals surface area contributed by atoms with Crippen molar-refractivity contribution in [3.63, 3.8) is 0 Å². The van der Waals surface area contributed by atoms with Crippen LogP contribution in [0.4, 0.5) is 5.69 Å². The summed E-state index contributed by atoms with van der Waals surface area (Å²) in [7, 11) is 3.37. The van der Waals surface area contributed by atoms with Gasteiger partial charge in [0.2, 0.25) is 0 Å². The second-order valence-corrected chi connectivity index (χ2v) is 3.49. The predicted molar refractivity (Wildman–Crippen MR) is 75.4 cm³/mol. The van der Waals surface area contributed by atoms with Crippen LogP contribution in [0.3, 0.4) is 0 Å². The van der Waals surface area contributed by atoms with Gasteiger partial charge in [0.25, 0.3) is 0 Å². The SMILES string of the molecule is CC.COCCN(CCOC)c1ccc(O)cc1. The first-order valence-corrected chi connectivity index (χ1v) is 6.29. The lowest BCUT2D eigenvalue weighted by molar-refractivity contribution is 0.190. The molecule has 0 aromatic heterocycles. The number of benzene rings is 1. The second kappa shape index (κ2) is 10.9. The third-order valence-corrected chi connectivity index (χ3v) is 2.35. The van der Waals surface area contributed by atoms with Crippen LogP contribution in [0.15, 0.2) is 24.3 Å². The van der Waals surface area contributed by atoms with Crippen molar-refractivity contribution in [1.82, 2.24) is 0 Å². The summed E-state index contributed by atoms with van der Waals surface area (Å²) in [5.74, 6) is 0.280. The normalized spacial score (nSPS) is 9.56. The maximum atomic E-state index is 9.22. The first-order chi connectivity index (χ1) is 8.77. The minimum atomic E-state index is 0.280. The molecule has 0 unspecified atom stereocenters. The van der Waals surface area contributed by atoms with Crippen LogP contribution >= 0.6 is 0 Å². The monoisotopic (exact) mass is 255 g/mol. The number of hydrogen-bond acceptors (Lipinski definition) is 4. The molecule has 0 atom stereocenters. The number of phenolic OH excluding ortho intramolecular Hbond substituents is 1. The third kappa shape index (κ3) is 6.47. The summed E-state index contributed by atoms with van der Waals surface area (Å²) in [6, 6.07) is 7.14. The molecule has 0 aliphatic rings. The highest BCUT2D eigenvalue weighted by Crippen LogP contribution is 2.17. The van der Waals surface area contributed by atoms with E-state index in [1.807, 2.05) is 26.0 Å². The highest BCUT2D eigenvalue weighted by molar-refractivity contribution is 5.48. The standard InChI is InChI=1S/C12H19NO3.C2H6/c1-15-9-7-13(8-10-16-2)11-3-5-12(14)6-4-11;1-2/h3-6,14H,7-10H2,1-2H3;1-2H3. The fourth-order valence-corrected chi connectivity index (χ4v) is 1.44. The zero-order valence-electron chi connectivity index (χ0n) is 11.8. The van der Waals surface area contributed by atoms with Gasteiger partial charge in [0.1, 0.15) is 5.75 Å². The summed E-state index contributed by atoms with van der Waals surface area (Å²) in [6.45, 7) is 6.96. The van der Waals surface area contributed by atoms with Crippen molar-refractivity contribution in [2.75, 3.05) is 45.4 Å². The summed E-state index contributed by atoms with van der Waals surface area (Å²) in [5, 5.41) is 9.22. The van der Waals surface area contributed by atoms with Gasteiger partial charge >= 0.3 is 0 Å². The smallest absolute Gasteiger partial charge is 0.115 e. The number of aromatic hydroxyl groups is 1. The average molecular weight is 255 g/mol. The Balaban J connectivity index is 0.00000137. The Labute approximate surface area is 110 Å². The van der Waals surface area contributed by atoms with Crippen LogP contribution in [-0.4, -0.2) is 45.6 Å². The molecule has 4 heteroatoms. The van der Waals surface area contributed by atoms with Crippen LogP contribution < -0.4 is 4.90 Å². The molecule has 0 saturated heterocycles. The molecule has 0 heterocycles. The molecule has 104 valence electrons. The molecule has 1 aromatic carbocycles. The molecule has 1 rings (SSSR count). The van der Waals surface area contributed by atoms with Crippen LogP contribution in [0.25, 0.3) is 0 Å². The number of phenols is 1. The van der Waals surface area contributed by atoms with Crippen LogP contribution in [0.1, 0.15) is 13.8 Å². The van der Waals surface area contributed by atoms with E-state index in [0.717, 1.165) is 18.8 Å². The molecule has 0 saturated carbocycles. The largest absolute Gasteiger partial charge is 0.508 e. The number of hydrogen-bond donors (Lipinski definition) is 1. The fourth-order valence-electron chi connectivity index (χ4n) is 1.44. The zero-order valence-corrected chi connectivity index (χ0v) is 11.8. The number of methoxy groups -OCH3 is 2. The van der Waals surface area contributed by atoms with Crippen LogP contribution in [0.2, 0.25) is 0 Å². The molecule has 0 radical (unpaired) electrons. The molecule has 0 bridgehead atoms. The minimum Gasteiger partial charge on any atom is -0.508 e. The van der Waals surface area contributed by atoms with E-state index in [4.69, 9.17) is 9.47 Å². The molecule has 4 nitrogen and oxygen atoms in total. The highest BCUT2D eigenvalue weighted by atomic mass is 16.5. The van der Waals surface area contributed by atoms with Crippen molar-refractivity contribution in [1.29, 1.82) is 0 Å². The molecule has 0 fully saturated rings. The molecular formula is C14H25NO3. The van der Waals surface area contributed by atoms with Gasteiger partial charge in [-0.05, 0) is 24.3 Å². The first-order valence-electron chi connectivity index (χ1n) is 6.29. The second-order valence-electron chi connectivity index (χ2n) is 3.49. The maximum absolute atomic E-state index is 9.22. The topological polar surface area (TPSA) is 41.9 Å². The van der Waals surface area contributed by atoms with Gasteiger partial charge in [0, 0.05) is 33.0 Å². The lowest BCUT2D eigenvalue weighted by Crippen LogP contribution is -2.30. The van der Waals surface area contributed by atoms with Crippen molar-refractivity contribution >= 4 is 5.69 Å². The van der Waals surface area contributed by atoms with Gasteiger partial charge in [-0.3, -0.25) is 0 Å². The molecule has 0 amide bonds. The van der Waals surface area contributed by atoms with E-state index in [1.54, 1.807) is 26.4 Å². The Morgan fingerprint density at radius 1 is 0.944 bits per heavy atom. The first kappa shape index (κ1) is 16.7. The summed E-state index contributed by atoms with van der Waals surface area (Å²) < 4.78 is 10.1. The summed E-state index contributed by atoms with van der Waals surface area (Å²) in [6.07, 6.45) is 0. The van der Waals surface area contributed by atoms with Crippen LogP contribution in [-0.2, 0) is 9.47 Å². The van der Waals surface area contributed by atoms with Crippen LogP contribution in [0, 0.1) is 0 Å². The van der Waals surface area contributed by atoms with Gasteiger partial charge in [-0.25, -0.2) is 0 Å². The highest BCUT2D eigenvalue weighted by Gasteiger charge is 2.05. The van der Waals surface area contributed by atoms with E-state index >= 15 is 0 Å². The molecule has 0 aliphatic carbocycles. The number of anilines is 1. The predicted octanol–water partition coefficient (Wildman–Crippen LogP) is 2.52. The van der Waals surface area contributed by atoms with Gasteiger partial charge < -0.3 is 19.5 Å². The Kier molecular flexibility index (Phi) is 10.1. The Hall–Kier alpha value is -1.26. The molecular weight excluding hydrogens is 230 g/mol. The van der Waals surface area contributed by atoms with Crippen molar-refractivity contribution in [2.45, 2.75) is 13.8 Å². The van der Waals surface area contributed by atoms with Gasteiger partial charge in [-0.15, -0.1) is 0 Å². The zero-order chi connectivity index (χ0) is 13.8. The van der Waals surface area contributed by atoms with Gasteiger partial charge in [-0.1, -0.05) is 13.8 Å². The Bertz CT molecular complexity index is 280. The van der Waals surface area contributed by atoms with E-state index in [2.05, 4.69) is 4.90 Å². The summed E-state index contributed by atoms with van der Waals surface area (Å²) in [4.78, 5) is 2.16. The fraction of sp³-hybridized carbons (Fsp3) is 0.571. The Morgan fingerprint density at radius 2 is 1.39 bits per heavy atom. The van der Waals surface area contributed by atoms with Crippen molar-refractivity contribution in [3.05, 3.63) is 24.3 Å². The van der Waals surface area contributed by atoms with Crippen molar-refractivity contribution < 1.29 is 14.6 Å². The molecule has 18 heavy (non-hydrogen) atoms. The lowest BCUT2D eigenvalue weighted by Gasteiger charge is -2.24. The van der Waals surface area contributed by atoms with E-state index in [1.165, 1.54) is 0 Å². The number of nitrogens with zero attached hydrogens (tertiary/aromatic N) is 1. The lowest BCUT2D eigenvalue weighted by atomic mass is 10.2. The van der Waals surface area contributed by atoms with Gasteiger partial charge in [0.15, 0.2) is 0 Å². The summed E-state index contributed by atoms with van der Waals surface area (Å²) >= 11 is 0. The van der Waals surface area contributed by atoms with Crippen molar-refractivity contribution in [3.8, 4) is 5.75 Å². The molecule has 0 aliphatic heterocycles. The van der Waals surface area contributed by atoms with Crippen molar-refractivity contribution in [2.24, 2.45) is 0 Å². The molecule has 0 spiro atoms. The maximum Gasteiger partial charge on any atom is 0.115 e. The van der Waals surface area contributed by atoms with Gasteiger partial charge in [0.05, 0.1) is 13.2 Å². The average Bonchev–Trinajstić information content (AvgIpc) is 2.43. The molecule has 1 aromatic rings. The third-order valence-electron chi connectivity index (χ3n) is 2.35. The Morgan fingerprint density at radius 3 is 1.78 bits per heavy atom. The number of ether oxygens (including phenoxy) is 2. The van der Waals surface area contributed by atoms with E-state index in [0.29, 0.717) is 13.2 Å².